The van der Waals surface area contributed by atoms with Crippen molar-refractivity contribution in [3.8, 4) is 0 Å². The lowest BCUT2D eigenvalue weighted by atomic mass is 9.97. The molecule has 0 aromatic heterocycles. The van der Waals surface area contributed by atoms with Gasteiger partial charge in [-0.25, -0.2) is 0 Å². The van der Waals surface area contributed by atoms with E-state index < -0.39 is 86.8 Å². The molecular formula is C62H119NO13. The number of rotatable bonds is 52. The van der Waals surface area contributed by atoms with Gasteiger partial charge in [0.05, 0.1) is 32.0 Å². The third-order valence-electron chi connectivity index (χ3n) is 16.0. The number of hydrogen-bond acceptors (Lipinski definition) is 13. The van der Waals surface area contributed by atoms with Crippen molar-refractivity contribution < 1.29 is 64.6 Å². The van der Waals surface area contributed by atoms with E-state index in [1.54, 1.807) is 6.08 Å². The second-order valence-electron chi connectivity index (χ2n) is 22.9. The highest BCUT2D eigenvalue weighted by Gasteiger charge is 2.51. The molecule has 0 aromatic rings. The molecule has 12 atom stereocenters. The zero-order valence-electron chi connectivity index (χ0n) is 48.5. The fourth-order valence-corrected chi connectivity index (χ4v) is 10.8. The average molecular weight is 1090 g/mol. The summed E-state index contributed by atoms with van der Waals surface area (Å²) in [6.45, 7) is 2.73. The Balaban J connectivity index is 1.49. The number of unbranched alkanes of at least 4 members (excludes halogenated alkanes) is 39. The summed E-state index contributed by atoms with van der Waals surface area (Å²) in [6, 6.07) is -0.907. The lowest BCUT2D eigenvalue weighted by Gasteiger charge is -2.46. The maximum absolute atomic E-state index is 13.1. The van der Waals surface area contributed by atoms with Gasteiger partial charge >= 0.3 is 0 Å². The van der Waals surface area contributed by atoms with Crippen LogP contribution in [0.5, 0.6) is 0 Å². The van der Waals surface area contributed by atoms with E-state index in [0.29, 0.717) is 6.42 Å². The summed E-state index contributed by atoms with van der Waals surface area (Å²) in [5.41, 5.74) is 0. The first kappa shape index (κ1) is 70.8. The lowest BCUT2D eigenvalue weighted by Crippen LogP contribution is -2.65. The van der Waals surface area contributed by atoms with Crippen LogP contribution in [0.25, 0.3) is 0 Å². The second kappa shape index (κ2) is 48.4. The monoisotopic (exact) mass is 1090 g/mol. The van der Waals surface area contributed by atoms with Gasteiger partial charge in [0.25, 0.3) is 0 Å². The van der Waals surface area contributed by atoms with Gasteiger partial charge in [-0.15, -0.1) is 0 Å². The van der Waals surface area contributed by atoms with Gasteiger partial charge in [-0.2, -0.15) is 0 Å². The molecule has 0 saturated carbocycles. The standard InChI is InChI=1S/C62H119NO13/c1-3-5-7-9-11-12-13-14-15-16-17-18-19-20-21-22-23-24-25-26-27-28-29-30-31-32-33-34-35-36-37-38-39-40-42-44-46-54(67)63-50(51(66)45-43-41-10-8-6-4-2)49-73-61-59(72)57(70)60(53(48-65)75-61)76-62-58(71)56(69)55(68)52(47-64)74-62/h43,45,50-53,55-62,64-66,68-72H,3-42,44,46-49H2,1-2H3,(H,63,67)/b45-43+. The highest BCUT2D eigenvalue weighted by molar-refractivity contribution is 5.76. The number of ether oxygens (including phenoxy) is 4. The van der Waals surface area contributed by atoms with Crippen molar-refractivity contribution in [2.75, 3.05) is 19.8 Å². The summed E-state index contributed by atoms with van der Waals surface area (Å²) >= 11 is 0. The van der Waals surface area contributed by atoms with Crippen molar-refractivity contribution in [3.05, 3.63) is 12.2 Å². The highest BCUT2D eigenvalue weighted by atomic mass is 16.7. The fourth-order valence-electron chi connectivity index (χ4n) is 10.8. The van der Waals surface area contributed by atoms with Crippen molar-refractivity contribution in [3.63, 3.8) is 0 Å². The molecule has 2 saturated heterocycles. The Kier molecular flexibility index (Phi) is 45.1. The summed E-state index contributed by atoms with van der Waals surface area (Å²) in [4.78, 5) is 13.1. The van der Waals surface area contributed by atoms with Crippen LogP contribution in [0.4, 0.5) is 0 Å². The zero-order valence-corrected chi connectivity index (χ0v) is 48.5. The molecule has 14 nitrogen and oxygen atoms in total. The number of nitrogens with one attached hydrogen (secondary N) is 1. The molecule has 9 N–H and O–H groups in total. The van der Waals surface area contributed by atoms with E-state index in [0.717, 1.165) is 51.4 Å². The van der Waals surface area contributed by atoms with Crippen molar-refractivity contribution in [1.29, 1.82) is 0 Å². The van der Waals surface area contributed by atoms with Gasteiger partial charge in [0, 0.05) is 6.42 Å². The molecule has 0 aromatic carbocycles. The first-order valence-electron chi connectivity index (χ1n) is 31.9. The minimum Gasteiger partial charge on any atom is -0.394 e. The Hall–Kier alpha value is -1.27. The topological polar surface area (TPSA) is 228 Å². The third-order valence-corrected chi connectivity index (χ3v) is 16.0. The number of carbonyl (C=O) groups excluding carboxylic acids is 1. The number of carbonyl (C=O) groups is 1. The molecule has 450 valence electrons. The van der Waals surface area contributed by atoms with Crippen molar-refractivity contribution in [2.24, 2.45) is 0 Å². The SMILES string of the molecule is CCCCCC/C=C/C(O)C(COC1OC(CO)C(OC2OC(CO)C(O)C(O)C2O)C(O)C1O)NC(=O)CCCCCCCCCCCCCCCCCCCCCCCCCCCCCCCCCCCCCC. The summed E-state index contributed by atoms with van der Waals surface area (Å²) in [6.07, 6.45) is 40.8. The van der Waals surface area contributed by atoms with E-state index in [1.807, 2.05) is 6.08 Å². The Morgan fingerprint density at radius 3 is 1.21 bits per heavy atom. The Morgan fingerprint density at radius 1 is 0.461 bits per heavy atom. The quantitative estimate of drug-likeness (QED) is 0.0204. The van der Waals surface area contributed by atoms with Crippen LogP contribution in [-0.4, -0.2) is 140 Å². The van der Waals surface area contributed by atoms with Crippen LogP contribution in [0.1, 0.15) is 284 Å². The lowest BCUT2D eigenvalue weighted by molar-refractivity contribution is -0.359. The van der Waals surface area contributed by atoms with Gasteiger partial charge in [-0.3, -0.25) is 4.79 Å². The van der Waals surface area contributed by atoms with E-state index in [-0.39, 0.29) is 18.9 Å². The summed E-state index contributed by atoms with van der Waals surface area (Å²) in [7, 11) is 0. The zero-order chi connectivity index (χ0) is 55.3. The van der Waals surface area contributed by atoms with Crippen LogP contribution in [0, 0.1) is 0 Å². The predicted molar refractivity (Wildman–Crippen MR) is 305 cm³/mol. The van der Waals surface area contributed by atoms with Crippen LogP contribution in [0.2, 0.25) is 0 Å². The Morgan fingerprint density at radius 2 is 0.816 bits per heavy atom. The van der Waals surface area contributed by atoms with Gasteiger partial charge in [0.15, 0.2) is 12.6 Å². The second-order valence-corrected chi connectivity index (χ2v) is 22.9. The van der Waals surface area contributed by atoms with Gasteiger partial charge in [-0.05, 0) is 19.3 Å². The maximum atomic E-state index is 13.1. The van der Waals surface area contributed by atoms with E-state index in [1.165, 1.54) is 205 Å². The molecule has 0 spiro atoms. The molecular weight excluding hydrogens is 967 g/mol. The molecule has 2 fully saturated rings. The van der Waals surface area contributed by atoms with E-state index in [4.69, 9.17) is 18.9 Å². The predicted octanol–water partition coefficient (Wildman–Crippen LogP) is 11.5. The molecule has 1 amide bonds. The number of hydrogen-bond donors (Lipinski definition) is 9. The first-order chi connectivity index (χ1) is 37.1. The van der Waals surface area contributed by atoms with Gasteiger partial charge in [0.2, 0.25) is 5.91 Å². The van der Waals surface area contributed by atoms with Crippen LogP contribution >= 0.6 is 0 Å². The smallest absolute Gasteiger partial charge is 0.220 e. The average Bonchev–Trinajstić information content (AvgIpc) is 3.42. The Bertz CT molecular complexity index is 1330. The van der Waals surface area contributed by atoms with Gasteiger partial charge in [-0.1, -0.05) is 270 Å². The highest BCUT2D eigenvalue weighted by Crippen LogP contribution is 2.30. The van der Waals surface area contributed by atoms with E-state index >= 15 is 0 Å². The van der Waals surface area contributed by atoms with Crippen LogP contribution in [0.3, 0.4) is 0 Å². The molecule has 2 aliphatic heterocycles. The van der Waals surface area contributed by atoms with E-state index in [2.05, 4.69) is 19.2 Å². The Labute approximate surface area is 463 Å². The molecule has 14 heteroatoms. The molecule has 2 aliphatic rings. The van der Waals surface area contributed by atoms with Gasteiger partial charge < -0.3 is 65.1 Å². The largest absolute Gasteiger partial charge is 0.394 e. The first-order valence-corrected chi connectivity index (χ1v) is 31.9. The third kappa shape index (κ3) is 33.5. The summed E-state index contributed by atoms with van der Waals surface area (Å²) in [5.74, 6) is -0.239. The molecule has 2 rings (SSSR count). The van der Waals surface area contributed by atoms with Gasteiger partial charge in [0.1, 0.15) is 48.8 Å². The fraction of sp³-hybridized carbons (Fsp3) is 0.952. The molecule has 0 aliphatic carbocycles. The van der Waals surface area contributed by atoms with Crippen molar-refractivity contribution >= 4 is 5.91 Å². The van der Waals surface area contributed by atoms with Crippen molar-refractivity contribution in [2.45, 2.75) is 357 Å². The molecule has 76 heavy (non-hydrogen) atoms. The van der Waals surface area contributed by atoms with Crippen LogP contribution in [0.15, 0.2) is 12.2 Å². The van der Waals surface area contributed by atoms with Crippen molar-refractivity contribution in [1.82, 2.24) is 5.32 Å². The number of allylic oxidation sites excluding steroid dienone is 1. The molecule has 0 bridgehead atoms. The minimum atomic E-state index is -1.78. The van der Waals surface area contributed by atoms with E-state index in [9.17, 15) is 45.6 Å². The van der Waals surface area contributed by atoms with Crippen LogP contribution < -0.4 is 5.32 Å². The maximum Gasteiger partial charge on any atom is 0.220 e. The number of amides is 1. The normalized spacial score (nSPS) is 24.9. The minimum absolute atomic E-state index is 0.239. The van der Waals surface area contributed by atoms with Crippen LogP contribution in [-0.2, 0) is 23.7 Å². The molecule has 0 radical (unpaired) electrons. The number of aliphatic hydroxyl groups excluding tert-OH is 8. The summed E-state index contributed by atoms with van der Waals surface area (Å²) in [5, 5.41) is 86.5. The number of aliphatic hydroxyl groups is 8. The molecule has 12 unspecified atom stereocenters. The summed E-state index contributed by atoms with van der Waals surface area (Å²) < 4.78 is 22.6. The molecule has 2 heterocycles.